The minimum Gasteiger partial charge on any atom is -0.392 e. The van der Waals surface area contributed by atoms with Crippen molar-refractivity contribution in [2.24, 2.45) is 5.41 Å². The summed E-state index contributed by atoms with van der Waals surface area (Å²) >= 11 is 0. The Kier molecular flexibility index (Phi) is 5.61. The number of carbonyl (C=O) groups excluding carboxylic acids is 2. The van der Waals surface area contributed by atoms with Gasteiger partial charge < -0.3 is 14.9 Å². The Labute approximate surface area is 153 Å². The van der Waals surface area contributed by atoms with Gasteiger partial charge in [0.1, 0.15) is 5.82 Å². The molecule has 2 saturated heterocycles. The standard InChI is InChI=1S/C20H27FN2O3/c1-15(24)13-23-14-20(6-5-18(23)25)7-9-22(10-8-20)19(26)12-16-3-2-4-17(21)11-16/h2-4,11,15,24H,5-10,12-14H2,1H3. The van der Waals surface area contributed by atoms with Gasteiger partial charge in [-0.05, 0) is 49.3 Å². The first-order valence-electron chi connectivity index (χ1n) is 9.35. The highest BCUT2D eigenvalue weighted by Crippen LogP contribution is 2.40. The first kappa shape index (κ1) is 18.8. The molecule has 1 spiro atoms. The number of β-amino-alcohol motifs (C(OH)–C–C–N with tert-alkyl or cyclic N) is 1. The average Bonchev–Trinajstić information content (AvgIpc) is 2.58. The van der Waals surface area contributed by atoms with E-state index in [1.165, 1.54) is 12.1 Å². The predicted octanol–water partition coefficient (Wildman–Crippen LogP) is 1.98. The molecule has 1 aromatic carbocycles. The van der Waals surface area contributed by atoms with Crippen molar-refractivity contribution in [1.82, 2.24) is 9.80 Å². The van der Waals surface area contributed by atoms with Gasteiger partial charge in [0.2, 0.25) is 11.8 Å². The lowest BCUT2D eigenvalue weighted by atomic mass is 9.72. The minimum atomic E-state index is -0.526. The topological polar surface area (TPSA) is 60.9 Å². The fourth-order valence-electron chi connectivity index (χ4n) is 4.16. The molecule has 0 radical (unpaired) electrons. The molecule has 2 fully saturated rings. The first-order chi connectivity index (χ1) is 12.4. The lowest BCUT2D eigenvalue weighted by molar-refractivity contribution is -0.143. The first-order valence-corrected chi connectivity index (χ1v) is 9.35. The van der Waals surface area contributed by atoms with Crippen LogP contribution >= 0.6 is 0 Å². The number of piperidine rings is 2. The van der Waals surface area contributed by atoms with Crippen molar-refractivity contribution in [1.29, 1.82) is 0 Å². The summed E-state index contributed by atoms with van der Waals surface area (Å²) in [5.41, 5.74) is 0.750. The summed E-state index contributed by atoms with van der Waals surface area (Å²) in [6.07, 6.45) is 2.80. The van der Waals surface area contributed by atoms with Crippen LogP contribution in [0, 0.1) is 11.2 Å². The zero-order valence-corrected chi connectivity index (χ0v) is 15.3. The third-order valence-electron chi connectivity index (χ3n) is 5.65. The van der Waals surface area contributed by atoms with Crippen LogP contribution < -0.4 is 0 Å². The van der Waals surface area contributed by atoms with Crippen LogP contribution in [0.1, 0.15) is 38.2 Å². The van der Waals surface area contributed by atoms with Crippen molar-refractivity contribution >= 4 is 11.8 Å². The SMILES string of the molecule is CC(O)CN1CC2(CCC1=O)CCN(C(=O)Cc1cccc(F)c1)CC2. The largest absolute Gasteiger partial charge is 0.392 e. The zero-order chi connectivity index (χ0) is 18.7. The molecular formula is C20H27FN2O3. The number of aliphatic hydroxyl groups excluding tert-OH is 1. The Balaban J connectivity index is 1.56. The lowest BCUT2D eigenvalue weighted by Crippen LogP contribution is -2.53. The Hall–Kier alpha value is -1.95. The van der Waals surface area contributed by atoms with Crippen LogP contribution in [0.3, 0.4) is 0 Å². The molecule has 0 aromatic heterocycles. The fourth-order valence-corrected chi connectivity index (χ4v) is 4.16. The Morgan fingerprint density at radius 3 is 2.69 bits per heavy atom. The van der Waals surface area contributed by atoms with Gasteiger partial charge in [0.25, 0.3) is 0 Å². The van der Waals surface area contributed by atoms with E-state index in [0.29, 0.717) is 38.2 Å². The van der Waals surface area contributed by atoms with Crippen molar-refractivity contribution < 1.29 is 19.1 Å². The highest BCUT2D eigenvalue weighted by atomic mass is 19.1. The Morgan fingerprint density at radius 2 is 2.04 bits per heavy atom. The second kappa shape index (κ2) is 7.74. The van der Waals surface area contributed by atoms with E-state index in [4.69, 9.17) is 0 Å². The minimum absolute atomic E-state index is 0.0261. The van der Waals surface area contributed by atoms with Crippen molar-refractivity contribution in [2.45, 2.75) is 45.1 Å². The Morgan fingerprint density at radius 1 is 1.31 bits per heavy atom. The van der Waals surface area contributed by atoms with Crippen molar-refractivity contribution in [3.63, 3.8) is 0 Å². The molecule has 5 nitrogen and oxygen atoms in total. The van der Waals surface area contributed by atoms with Crippen molar-refractivity contribution in [3.8, 4) is 0 Å². The molecule has 6 heteroatoms. The van der Waals surface area contributed by atoms with Crippen LogP contribution in [0.4, 0.5) is 4.39 Å². The molecule has 1 atom stereocenters. The average molecular weight is 362 g/mol. The third kappa shape index (κ3) is 4.41. The summed E-state index contributed by atoms with van der Waals surface area (Å²) in [4.78, 5) is 28.2. The van der Waals surface area contributed by atoms with Gasteiger partial charge >= 0.3 is 0 Å². The van der Waals surface area contributed by atoms with Gasteiger partial charge in [0, 0.05) is 32.6 Å². The van der Waals surface area contributed by atoms with Crippen LogP contribution in [0.2, 0.25) is 0 Å². The molecule has 2 heterocycles. The summed E-state index contributed by atoms with van der Waals surface area (Å²) in [6, 6.07) is 6.18. The van der Waals surface area contributed by atoms with E-state index in [9.17, 15) is 19.1 Å². The number of hydrogen-bond donors (Lipinski definition) is 1. The normalized spacial score (nSPS) is 21.1. The number of halogens is 1. The van der Waals surface area contributed by atoms with Crippen LogP contribution in [0.5, 0.6) is 0 Å². The van der Waals surface area contributed by atoms with E-state index < -0.39 is 6.10 Å². The van der Waals surface area contributed by atoms with Crippen LogP contribution in [-0.2, 0) is 16.0 Å². The fraction of sp³-hybridized carbons (Fsp3) is 0.600. The smallest absolute Gasteiger partial charge is 0.226 e. The molecule has 0 aliphatic carbocycles. The molecule has 2 aliphatic rings. The molecule has 1 unspecified atom stereocenters. The van der Waals surface area contributed by atoms with Crippen molar-refractivity contribution in [3.05, 3.63) is 35.6 Å². The number of rotatable bonds is 4. The van der Waals surface area contributed by atoms with E-state index in [0.717, 1.165) is 19.3 Å². The highest BCUT2D eigenvalue weighted by Gasteiger charge is 2.41. The van der Waals surface area contributed by atoms with Gasteiger partial charge in [0.15, 0.2) is 0 Å². The summed E-state index contributed by atoms with van der Waals surface area (Å²) in [5.74, 6) is -0.183. The maximum atomic E-state index is 13.3. The number of hydrogen-bond acceptors (Lipinski definition) is 3. The molecule has 1 aromatic rings. The quantitative estimate of drug-likeness (QED) is 0.891. The number of aliphatic hydroxyl groups is 1. The summed E-state index contributed by atoms with van der Waals surface area (Å²) in [6.45, 7) is 4.09. The summed E-state index contributed by atoms with van der Waals surface area (Å²) in [7, 11) is 0. The molecule has 142 valence electrons. The highest BCUT2D eigenvalue weighted by molar-refractivity contribution is 5.79. The number of carbonyl (C=O) groups is 2. The molecule has 0 bridgehead atoms. The molecular weight excluding hydrogens is 335 g/mol. The second-order valence-corrected chi connectivity index (χ2v) is 7.81. The van der Waals surface area contributed by atoms with Crippen LogP contribution in [-0.4, -0.2) is 59.0 Å². The van der Waals surface area contributed by atoms with E-state index in [1.54, 1.807) is 24.0 Å². The molecule has 2 amide bonds. The van der Waals surface area contributed by atoms with Crippen molar-refractivity contribution in [2.75, 3.05) is 26.2 Å². The van der Waals surface area contributed by atoms with Crippen LogP contribution in [0.15, 0.2) is 24.3 Å². The Bertz CT molecular complexity index is 669. The maximum Gasteiger partial charge on any atom is 0.226 e. The maximum absolute atomic E-state index is 13.3. The van der Waals surface area contributed by atoms with Gasteiger partial charge in [0.05, 0.1) is 12.5 Å². The number of nitrogens with zero attached hydrogens (tertiary/aromatic N) is 2. The molecule has 3 rings (SSSR count). The zero-order valence-electron chi connectivity index (χ0n) is 15.3. The summed E-state index contributed by atoms with van der Waals surface area (Å²) < 4.78 is 13.3. The van der Waals surface area contributed by atoms with Gasteiger partial charge in [-0.15, -0.1) is 0 Å². The van der Waals surface area contributed by atoms with E-state index in [2.05, 4.69) is 0 Å². The third-order valence-corrected chi connectivity index (χ3v) is 5.65. The number of benzene rings is 1. The molecule has 0 saturated carbocycles. The predicted molar refractivity (Wildman–Crippen MR) is 95.8 cm³/mol. The molecule has 2 aliphatic heterocycles. The molecule has 26 heavy (non-hydrogen) atoms. The van der Waals surface area contributed by atoms with Gasteiger partial charge in [-0.1, -0.05) is 12.1 Å². The number of likely N-dealkylation sites (tertiary alicyclic amines) is 2. The van der Waals surface area contributed by atoms with E-state index >= 15 is 0 Å². The van der Waals surface area contributed by atoms with E-state index in [1.807, 2.05) is 4.90 Å². The molecule has 1 N–H and O–H groups in total. The summed E-state index contributed by atoms with van der Waals surface area (Å²) in [5, 5.41) is 9.61. The van der Waals surface area contributed by atoms with Gasteiger partial charge in [-0.2, -0.15) is 0 Å². The monoisotopic (exact) mass is 362 g/mol. The van der Waals surface area contributed by atoms with E-state index in [-0.39, 0.29) is 29.5 Å². The van der Waals surface area contributed by atoms with Crippen LogP contribution in [0.25, 0.3) is 0 Å². The second-order valence-electron chi connectivity index (χ2n) is 7.81. The lowest BCUT2D eigenvalue weighted by Gasteiger charge is -2.47. The van der Waals surface area contributed by atoms with Gasteiger partial charge in [-0.3, -0.25) is 9.59 Å². The van der Waals surface area contributed by atoms with Gasteiger partial charge in [-0.25, -0.2) is 4.39 Å². The number of amides is 2.